The molecule has 0 bridgehead atoms. The number of ether oxygens (including phenoxy) is 4. The average Bonchev–Trinajstić information content (AvgIpc) is 3.44. The Morgan fingerprint density at radius 3 is 0.747 bits per heavy atom. The number of phosphoric ester groups is 2. The predicted octanol–water partition coefficient (Wildman–Crippen LogP) is 20.8. The van der Waals surface area contributed by atoms with Crippen molar-refractivity contribution in [3.05, 3.63) is 0 Å². The Balaban J connectivity index is 5.11. The summed E-state index contributed by atoms with van der Waals surface area (Å²) in [7, 11) is -9.89. The maximum atomic E-state index is 13.0. The van der Waals surface area contributed by atoms with Crippen molar-refractivity contribution in [1.82, 2.24) is 0 Å². The molecule has 0 heterocycles. The number of carbonyl (C=O) groups excluding carboxylic acids is 4. The zero-order valence-corrected chi connectivity index (χ0v) is 60.9. The Labute approximate surface area is 556 Å². The SMILES string of the molecule is CCCCCCCCCCCCCCC(=O)O[C@H](COC(=O)CCCCCCC)COP(=O)(O)OC[C@H](O)COP(=O)(O)OC[C@@H](COC(=O)CCCCCCCCCCCCC(C)C)OC(=O)CCCCCCCCCCCCCCCCCCCCC(C)C. The zero-order chi connectivity index (χ0) is 67.2. The minimum absolute atomic E-state index is 0.106. The Hall–Kier alpha value is -1.94. The molecular weight excluding hydrogens is 1200 g/mol. The molecule has 0 aliphatic heterocycles. The van der Waals surface area contributed by atoms with Gasteiger partial charge in [-0.05, 0) is 37.5 Å². The van der Waals surface area contributed by atoms with Gasteiger partial charge in [0.05, 0.1) is 26.4 Å². The van der Waals surface area contributed by atoms with E-state index in [1.165, 1.54) is 180 Å². The Morgan fingerprint density at radius 1 is 0.297 bits per heavy atom. The highest BCUT2D eigenvalue weighted by molar-refractivity contribution is 7.47. The molecule has 0 spiro atoms. The molecule has 0 amide bonds. The first-order chi connectivity index (χ1) is 43.9. The van der Waals surface area contributed by atoms with Crippen LogP contribution in [0.25, 0.3) is 0 Å². The summed E-state index contributed by atoms with van der Waals surface area (Å²) in [6, 6.07) is 0. The summed E-state index contributed by atoms with van der Waals surface area (Å²) in [5, 5.41) is 10.6. The van der Waals surface area contributed by atoms with Gasteiger partial charge in [-0.1, -0.05) is 318 Å². The number of hydrogen-bond donors (Lipinski definition) is 3. The number of hydrogen-bond acceptors (Lipinski definition) is 15. The van der Waals surface area contributed by atoms with Crippen LogP contribution in [0.1, 0.15) is 369 Å². The lowest BCUT2D eigenvalue weighted by atomic mass is 10.0. The van der Waals surface area contributed by atoms with E-state index in [1.54, 1.807) is 0 Å². The van der Waals surface area contributed by atoms with Crippen LogP contribution in [0, 0.1) is 11.8 Å². The predicted molar refractivity (Wildman–Crippen MR) is 368 cm³/mol. The fourth-order valence-corrected chi connectivity index (χ4v) is 12.5. The average molecular weight is 1340 g/mol. The van der Waals surface area contributed by atoms with Crippen LogP contribution in [-0.4, -0.2) is 96.7 Å². The molecule has 0 saturated carbocycles. The second-order valence-electron chi connectivity index (χ2n) is 26.9. The minimum Gasteiger partial charge on any atom is -0.462 e. The fourth-order valence-electron chi connectivity index (χ4n) is 10.9. The van der Waals surface area contributed by atoms with Crippen LogP contribution < -0.4 is 0 Å². The molecule has 19 heteroatoms. The van der Waals surface area contributed by atoms with Crippen molar-refractivity contribution in [2.45, 2.75) is 387 Å². The van der Waals surface area contributed by atoms with E-state index in [0.29, 0.717) is 25.7 Å². The minimum atomic E-state index is -4.95. The Morgan fingerprint density at radius 2 is 0.505 bits per heavy atom. The monoisotopic (exact) mass is 1340 g/mol. The quantitative estimate of drug-likeness (QED) is 0.0222. The van der Waals surface area contributed by atoms with Gasteiger partial charge in [0.15, 0.2) is 12.2 Å². The van der Waals surface area contributed by atoms with Crippen molar-refractivity contribution >= 4 is 39.5 Å². The van der Waals surface area contributed by atoms with Crippen molar-refractivity contribution in [3.8, 4) is 0 Å². The number of aliphatic hydroxyl groups is 1. The van der Waals surface area contributed by atoms with Gasteiger partial charge < -0.3 is 33.8 Å². The van der Waals surface area contributed by atoms with Crippen molar-refractivity contribution in [1.29, 1.82) is 0 Å². The smallest absolute Gasteiger partial charge is 0.462 e. The molecular formula is C72H140O17P2. The van der Waals surface area contributed by atoms with Crippen LogP contribution in [0.4, 0.5) is 0 Å². The first-order valence-corrected chi connectivity index (χ1v) is 40.5. The van der Waals surface area contributed by atoms with Crippen LogP contribution in [0.2, 0.25) is 0 Å². The molecule has 3 N–H and O–H groups in total. The molecule has 0 aromatic rings. The van der Waals surface area contributed by atoms with Crippen LogP contribution in [0.5, 0.6) is 0 Å². The van der Waals surface area contributed by atoms with Crippen molar-refractivity contribution in [2.75, 3.05) is 39.6 Å². The zero-order valence-electron chi connectivity index (χ0n) is 59.1. The van der Waals surface area contributed by atoms with Crippen molar-refractivity contribution in [2.24, 2.45) is 11.8 Å². The molecule has 0 aliphatic carbocycles. The molecule has 0 aromatic carbocycles. The highest BCUT2D eigenvalue weighted by atomic mass is 31.2. The Bertz CT molecular complexity index is 1770. The maximum Gasteiger partial charge on any atom is 0.472 e. The number of unbranched alkanes of at least 4 members (excludes halogenated alkanes) is 41. The molecule has 17 nitrogen and oxygen atoms in total. The van der Waals surface area contributed by atoms with Crippen LogP contribution in [0.3, 0.4) is 0 Å². The normalized spacial score (nSPS) is 14.1. The number of carbonyl (C=O) groups is 4. The molecule has 0 aromatic heterocycles. The number of esters is 4. The van der Waals surface area contributed by atoms with E-state index < -0.39 is 97.5 Å². The maximum absolute atomic E-state index is 13.0. The van der Waals surface area contributed by atoms with Gasteiger partial charge in [-0.2, -0.15) is 0 Å². The lowest BCUT2D eigenvalue weighted by Gasteiger charge is -2.21. The van der Waals surface area contributed by atoms with E-state index in [9.17, 15) is 43.2 Å². The molecule has 540 valence electrons. The highest BCUT2D eigenvalue weighted by Crippen LogP contribution is 2.45. The summed E-state index contributed by atoms with van der Waals surface area (Å²) in [6.07, 6.45) is 50.4. The molecule has 0 rings (SSSR count). The summed E-state index contributed by atoms with van der Waals surface area (Å²) >= 11 is 0. The van der Waals surface area contributed by atoms with Gasteiger partial charge in [0, 0.05) is 25.7 Å². The lowest BCUT2D eigenvalue weighted by molar-refractivity contribution is -0.161. The van der Waals surface area contributed by atoms with E-state index in [4.69, 9.17) is 37.0 Å². The van der Waals surface area contributed by atoms with Gasteiger partial charge in [0.2, 0.25) is 0 Å². The van der Waals surface area contributed by atoms with Crippen molar-refractivity contribution < 1.29 is 80.2 Å². The number of aliphatic hydroxyl groups excluding tert-OH is 1. The lowest BCUT2D eigenvalue weighted by Crippen LogP contribution is -2.30. The molecule has 0 fully saturated rings. The third-order valence-electron chi connectivity index (χ3n) is 16.7. The van der Waals surface area contributed by atoms with Gasteiger partial charge in [-0.3, -0.25) is 37.3 Å². The molecule has 0 aliphatic rings. The molecule has 91 heavy (non-hydrogen) atoms. The molecule has 2 unspecified atom stereocenters. The fraction of sp³-hybridized carbons (Fsp3) is 0.944. The van der Waals surface area contributed by atoms with E-state index in [1.807, 2.05) is 0 Å². The summed E-state index contributed by atoms with van der Waals surface area (Å²) in [5.41, 5.74) is 0. The van der Waals surface area contributed by atoms with Crippen molar-refractivity contribution in [3.63, 3.8) is 0 Å². The number of rotatable bonds is 71. The molecule has 5 atom stereocenters. The second kappa shape index (κ2) is 64.1. The third-order valence-corrected chi connectivity index (χ3v) is 18.6. The third kappa shape index (κ3) is 66.5. The summed E-state index contributed by atoms with van der Waals surface area (Å²) in [5.74, 6) is -0.554. The van der Waals surface area contributed by atoms with Gasteiger partial charge in [-0.25, -0.2) is 9.13 Å². The largest absolute Gasteiger partial charge is 0.472 e. The first kappa shape index (κ1) is 89.1. The van der Waals surface area contributed by atoms with E-state index in [2.05, 4.69) is 41.5 Å². The topological polar surface area (TPSA) is 237 Å². The first-order valence-electron chi connectivity index (χ1n) is 37.5. The van der Waals surface area contributed by atoms with Crippen LogP contribution in [-0.2, 0) is 65.4 Å². The summed E-state index contributed by atoms with van der Waals surface area (Å²) in [6.45, 7) is 9.50. The Kier molecular flexibility index (Phi) is 62.7. The van der Waals surface area contributed by atoms with Gasteiger partial charge >= 0.3 is 39.5 Å². The van der Waals surface area contributed by atoms with Gasteiger partial charge in [0.1, 0.15) is 19.3 Å². The van der Waals surface area contributed by atoms with Crippen LogP contribution >= 0.6 is 15.6 Å². The van der Waals surface area contributed by atoms with E-state index in [-0.39, 0.29) is 25.7 Å². The van der Waals surface area contributed by atoms with E-state index >= 15 is 0 Å². The van der Waals surface area contributed by atoms with Crippen LogP contribution in [0.15, 0.2) is 0 Å². The molecule has 0 radical (unpaired) electrons. The second-order valence-corrected chi connectivity index (χ2v) is 29.8. The summed E-state index contributed by atoms with van der Waals surface area (Å²) in [4.78, 5) is 72.3. The molecule has 0 saturated heterocycles. The van der Waals surface area contributed by atoms with E-state index in [0.717, 1.165) is 108 Å². The number of phosphoric acid groups is 2. The van der Waals surface area contributed by atoms with Gasteiger partial charge in [-0.15, -0.1) is 0 Å². The standard InChI is InChI=1S/C72H140O17P2/c1-7-9-11-13-14-15-16-26-33-38-44-50-56-71(76)88-67(60-82-69(74)54-48-40-12-10-8-2)62-86-90(78,79)84-58-66(73)59-85-91(80,81)87-63-68(61-83-70(75)55-49-43-37-32-29-28-31-36-42-47-53-65(5)6)89-72(77)57-51-45-39-34-27-24-22-20-18-17-19-21-23-25-30-35-41-46-52-64(3)4/h64-68,73H,7-63H2,1-6H3,(H,78,79)(H,80,81)/t66-,67+,68+/m0/s1. The van der Waals surface area contributed by atoms with Gasteiger partial charge in [0.25, 0.3) is 0 Å². The summed E-state index contributed by atoms with van der Waals surface area (Å²) < 4.78 is 68.1. The highest BCUT2D eigenvalue weighted by Gasteiger charge is 2.30.